The second-order valence-electron chi connectivity index (χ2n) is 7.07. The van der Waals surface area contributed by atoms with Crippen molar-refractivity contribution in [3.8, 4) is 6.07 Å². The van der Waals surface area contributed by atoms with Crippen LogP contribution in [0.2, 0.25) is 0 Å². The molecule has 9 heteroatoms. The number of aromatic nitrogens is 3. The monoisotopic (exact) mass is 411 g/mol. The zero-order valence-electron chi connectivity index (χ0n) is 15.8. The average molecular weight is 412 g/mol. The van der Waals surface area contributed by atoms with Crippen LogP contribution in [0.15, 0.2) is 42.9 Å². The number of amides is 1. The highest BCUT2D eigenvalue weighted by molar-refractivity contribution is 5.89. The first-order valence-corrected chi connectivity index (χ1v) is 9.18. The van der Waals surface area contributed by atoms with Gasteiger partial charge in [-0.15, -0.1) is 12.4 Å². The van der Waals surface area contributed by atoms with E-state index in [-0.39, 0.29) is 18.3 Å². The number of anilines is 1. The van der Waals surface area contributed by atoms with E-state index in [0.717, 1.165) is 22.4 Å². The summed E-state index contributed by atoms with van der Waals surface area (Å²) in [7, 11) is 0. The number of piperidine rings is 1. The Balaban J connectivity index is 0.00000240. The number of hydrogen-bond donors (Lipinski definition) is 3. The summed E-state index contributed by atoms with van der Waals surface area (Å²) in [5.74, 6) is 0.720. The van der Waals surface area contributed by atoms with Gasteiger partial charge in [0.1, 0.15) is 17.8 Å². The zero-order valence-corrected chi connectivity index (χ0v) is 16.6. The summed E-state index contributed by atoms with van der Waals surface area (Å²) in [6.07, 6.45) is 4.48. The number of carbonyl (C=O) groups is 1. The van der Waals surface area contributed by atoms with Crippen LogP contribution in [-0.2, 0) is 11.3 Å². The number of halogens is 1. The average Bonchev–Trinajstić information content (AvgIpc) is 3.22. The number of carbonyl (C=O) groups excluding carboxylic acids is 1. The Bertz CT molecular complexity index is 1030. The van der Waals surface area contributed by atoms with E-state index >= 15 is 0 Å². The summed E-state index contributed by atoms with van der Waals surface area (Å²) >= 11 is 0. The van der Waals surface area contributed by atoms with Crippen molar-refractivity contribution in [2.75, 3.05) is 18.0 Å². The van der Waals surface area contributed by atoms with Gasteiger partial charge in [-0.1, -0.05) is 12.1 Å². The van der Waals surface area contributed by atoms with E-state index in [1.165, 1.54) is 0 Å². The molecule has 2 aromatic heterocycles. The number of aromatic amines is 1. The highest BCUT2D eigenvalue weighted by Crippen LogP contribution is 2.28. The molecule has 1 aromatic carbocycles. The molecule has 4 N–H and O–H groups in total. The topological polar surface area (TPSA) is 124 Å². The van der Waals surface area contributed by atoms with Crippen molar-refractivity contribution in [1.82, 2.24) is 20.3 Å². The first-order chi connectivity index (χ1) is 13.6. The van der Waals surface area contributed by atoms with Gasteiger partial charge in [0.25, 0.3) is 0 Å². The van der Waals surface area contributed by atoms with E-state index in [0.29, 0.717) is 38.0 Å². The number of hydrogen-bond acceptors (Lipinski definition) is 6. The maximum atomic E-state index is 12.7. The molecule has 0 unspecified atom stereocenters. The molecule has 29 heavy (non-hydrogen) atoms. The maximum Gasteiger partial charge on any atom is 0.240 e. The Morgan fingerprint density at radius 1 is 1.24 bits per heavy atom. The Labute approximate surface area is 174 Å². The van der Waals surface area contributed by atoms with E-state index in [1.54, 1.807) is 18.5 Å². The molecule has 3 aromatic rings. The molecule has 1 aliphatic heterocycles. The number of benzene rings is 1. The lowest BCUT2D eigenvalue weighted by molar-refractivity contribution is -0.127. The van der Waals surface area contributed by atoms with E-state index in [9.17, 15) is 4.79 Å². The van der Waals surface area contributed by atoms with Gasteiger partial charge < -0.3 is 20.9 Å². The number of nitrogens with one attached hydrogen (secondary N) is 2. The van der Waals surface area contributed by atoms with Crippen LogP contribution in [-0.4, -0.2) is 39.5 Å². The summed E-state index contributed by atoms with van der Waals surface area (Å²) in [5, 5.41) is 12.8. The third kappa shape index (κ3) is 4.16. The van der Waals surface area contributed by atoms with Crippen LogP contribution in [0.25, 0.3) is 11.0 Å². The Morgan fingerprint density at radius 3 is 2.66 bits per heavy atom. The first-order valence-electron chi connectivity index (χ1n) is 9.18. The second kappa shape index (κ2) is 8.47. The van der Waals surface area contributed by atoms with Crippen molar-refractivity contribution >= 4 is 35.2 Å². The summed E-state index contributed by atoms with van der Waals surface area (Å²) < 4.78 is 0. The van der Waals surface area contributed by atoms with Gasteiger partial charge in [-0.05, 0) is 36.6 Å². The van der Waals surface area contributed by atoms with E-state index < -0.39 is 5.54 Å². The van der Waals surface area contributed by atoms with Crippen LogP contribution in [0.5, 0.6) is 0 Å². The van der Waals surface area contributed by atoms with Crippen LogP contribution in [0.4, 0.5) is 5.82 Å². The number of fused-ring (bicyclic) bond motifs is 1. The smallest absolute Gasteiger partial charge is 0.240 e. The van der Waals surface area contributed by atoms with Crippen molar-refractivity contribution in [2.24, 2.45) is 5.73 Å². The van der Waals surface area contributed by atoms with Crippen LogP contribution in [0, 0.1) is 11.3 Å². The molecule has 3 heterocycles. The van der Waals surface area contributed by atoms with Gasteiger partial charge in [0.05, 0.1) is 22.6 Å². The first kappa shape index (κ1) is 20.6. The van der Waals surface area contributed by atoms with Crippen molar-refractivity contribution < 1.29 is 4.79 Å². The molecule has 150 valence electrons. The molecule has 1 aliphatic rings. The summed E-state index contributed by atoms with van der Waals surface area (Å²) in [4.78, 5) is 26.6. The Hall–Kier alpha value is -3.15. The predicted molar refractivity (Wildman–Crippen MR) is 113 cm³/mol. The van der Waals surface area contributed by atoms with E-state index in [2.05, 4.69) is 31.2 Å². The van der Waals surface area contributed by atoms with Gasteiger partial charge in [0, 0.05) is 25.8 Å². The van der Waals surface area contributed by atoms with Gasteiger partial charge in [0.15, 0.2) is 0 Å². The molecule has 0 bridgehead atoms. The highest BCUT2D eigenvalue weighted by atomic mass is 35.5. The summed E-state index contributed by atoms with van der Waals surface area (Å²) in [6.45, 7) is 1.69. The molecular formula is C20H22ClN7O. The lowest BCUT2D eigenvalue weighted by Crippen LogP contribution is -2.59. The molecule has 0 aliphatic carbocycles. The van der Waals surface area contributed by atoms with Crippen molar-refractivity contribution in [2.45, 2.75) is 24.9 Å². The summed E-state index contributed by atoms with van der Waals surface area (Å²) in [6, 6.07) is 11.2. The fraction of sp³-hybridized carbons (Fsp3) is 0.300. The number of nitriles is 1. The second-order valence-corrected chi connectivity index (χ2v) is 7.07. The Morgan fingerprint density at radius 2 is 1.97 bits per heavy atom. The molecule has 1 fully saturated rings. The minimum absolute atomic E-state index is 0. The molecule has 1 saturated heterocycles. The molecule has 0 spiro atoms. The van der Waals surface area contributed by atoms with E-state index in [1.807, 2.05) is 24.4 Å². The lowest BCUT2D eigenvalue weighted by atomic mass is 9.87. The van der Waals surface area contributed by atoms with Gasteiger partial charge >= 0.3 is 0 Å². The normalized spacial score (nSPS) is 15.4. The zero-order chi connectivity index (χ0) is 19.6. The largest absolute Gasteiger partial charge is 0.356 e. The number of rotatable bonds is 4. The van der Waals surface area contributed by atoms with Crippen molar-refractivity contribution in [1.29, 1.82) is 5.26 Å². The molecule has 0 saturated carbocycles. The quantitative estimate of drug-likeness (QED) is 0.602. The lowest BCUT2D eigenvalue weighted by Gasteiger charge is -2.38. The molecule has 1 amide bonds. The Kier molecular flexibility index (Phi) is 6.01. The SMILES string of the molecule is Cl.N#Cc1ccc(CNC(=O)C2(N)CCN(c3ncnc4[nH]ccc34)CC2)cc1. The standard InChI is InChI=1S/C20H21N7O.ClH/c21-11-14-1-3-15(4-2-14)12-24-19(28)20(22)6-9-27(10-7-20)18-16-5-8-23-17(16)25-13-26-18;/h1-5,8,13H,6-7,9-10,12,22H2,(H,24,28)(H,23,25,26);1H. The van der Waals surface area contributed by atoms with Gasteiger partial charge in [-0.3, -0.25) is 4.79 Å². The minimum Gasteiger partial charge on any atom is -0.356 e. The number of nitrogens with two attached hydrogens (primary N) is 1. The van der Waals surface area contributed by atoms with Crippen molar-refractivity contribution in [3.63, 3.8) is 0 Å². The van der Waals surface area contributed by atoms with Crippen LogP contribution >= 0.6 is 12.4 Å². The molecular weight excluding hydrogens is 390 g/mol. The number of nitrogens with zero attached hydrogens (tertiary/aromatic N) is 4. The van der Waals surface area contributed by atoms with Crippen LogP contribution in [0.3, 0.4) is 0 Å². The minimum atomic E-state index is -0.895. The molecule has 8 nitrogen and oxygen atoms in total. The van der Waals surface area contributed by atoms with Crippen LogP contribution in [0.1, 0.15) is 24.0 Å². The fourth-order valence-electron chi connectivity index (χ4n) is 3.51. The third-order valence-corrected chi connectivity index (χ3v) is 5.28. The van der Waals surface area contributed by atoms with Gasteiger partial charge in [-0.25, -0.2) is 9.97 Å². The van der Waals surface area contributed by atoms with Gasteiger partial charge in [0.2, 0.25) is 5.91 Å². The maximum absolute atomic E-state index is 12.7. The molecule has 0 atom stereocenters. The van der Waals surface area contributed by atoms with Gasteiger partial charge in [-0.2, -0.15) is 5.26 Å². The highest BCUT2D eigenvalue weighted by Gasteiger charge is 2.38. The summed E-state index contributed by atoms with van der Waals surface area (Å²) in [5.41, 5.74) is 7.86. The van der Waals surface area contributed by atoms with E-state index in [4.69, 9.17) is 11.0 Å². The van der Waals surface area contributed by atoms with Crippen LogP contribution < -0.4 is 16.0 Å². The molecule has 4 rings (SSSR count). The molecule has 0 radical (unpaired) electrons. The fourth-order valence-corrected chi connectivity index (χ4v) is 3.51. The number of H-pyrrole nitrogens is 1. The predicted octanol–water partition coefficient (Wildman–Crippen LogP) is 1.87. The third-order valence-electron chi connectivity index (χ3n) is 5.28. The van der Waals surface area contributed by atoms with Crippen molar-refractivity contribution in [3.05, 3.63) is 54.0 Å².